The third-order valence-corrected chi connectivity index (χ3v) is 4.42. The molecule has 1 aromatic heterocycles. The summed E-state index contributed by atoms with van der Waals surface area (Å²) in [5, 5.41) is 9.95. The molecule has 0 radical (unpaired) electrons. The highest BCUT2D eigenvalue weighted by molar-refractivity contribution is 7.71. The first-order valence-electron chi connectivity index (χ1n) is 7.75. The molecule has 0 aliphatic carbocycles. The van der Waals surface area contributed by atoms with Gasteiger partial charge in [0.2, 0.25) is 0 Å². The monoisotopic (exact) mass is 367 g/mol. The summed E-state index contributed by atoms with van der Waals surface area (Å²) in [7, 11) is 0. The number of fused-ring (bicyclic) bond motifs is 1. The topological polar surface area (TPSA) is 42.8 Å². The second-order valence-electron chi connectivity index (χ2n) is 5.53. The molecule has 1 heterocycles. The molecule has 1 N–H and O–H groups in total. The minimum atomic E-state index is 0.285. The lowest BCUT2D eigenvalue weighted by Crippen LogP contribution is -2.06. The van der Waals surface area contributed by atoms with Gasteiger partial charge in [0.05, 0.1) is 5.69 Å². The van der Waals surface area contributed by atoms with E-state index in [0.29, 0.717) is 15.6 Å². The molecule has 0 saturated carbocycles. The van der Waals surface area contributed by atoms with Crippen LogP contribution in [0.1, 0.15) is 5.82 Å². The lowest BCUT2D eigenvalue weighted by Gasteiger charge is -2.10. The molecule has 0 aliphatic heterocycles. The first-order valence-corrected chi connectivity index (χ1v) is 8.54. The number of rotatable bonds is 4. The number of halogens is 1. The predicted molar refractivity (Wildman–Crippen MR) is 102 cm³/mol. The molecule has 4 rings (SSSR count). The van der Waals surface area contributed by atoms with Crippen LogP contribution in [0, 0.1) is 4.77 Å². The molecule has 4 nitrogen and oxygen atoms in total. The SMILES string of the molecule is S=c1[nH]nc(COc2cccc3ccccc23)n1-c1cccc(Cl)c1. The number of ether oxygens (including phenoxy) is 1. The van der Waals surface area contributed by atoms with Crippen molar-refractivity contribution in [3.05, 3.63) is 82.3 Å². The smallest absolute Gasteiger partial charge is 0.199 e. The first kappa shape index (κ1) is 15.9. The normalized spacial score (nSPS) is 10.9. The van der Waals surface area contributed by atoms with Gasteiger partial charge >= 0.3 is 0 Å². The Morgan fingerprint density at radius 3 is 2.72 bits per heavy atom. The molecule has 0 unspecified atom stereocenters. The van der Waals surface area contributed by atoms with Crippen LogP contribution >= 0.6 is 23.8 Å². The molecule has 4 aromatic rings. The van der Waals surface area contributed by atoms with Gasteiger partial charge in [-0.15, -0.1) is 0 Å². The van der Waals surface area contributed by atoms with E-state index in [-0.39, 0.29) is 6.61 Å². The predicted octanol–water partition coefficient (Wildman–Crippen LogP) is 5.32. The first-order chi connectivity index (χ1) is 12.2. The Bertz CT molecular complexity index is 1100. The zero-order chi connectivity index (χ0) is 17.2. The van der Waals surface area contributed by atoms with Gasteiger partial charge in [0.1, 0.15) is 12.4 Å². The minimum absolute atomic E-state index is 0.285. The van der Waals surface area contributed by atoms with Gasteiger partial charge in [0, 0.05) is 10.4 Å². The van der Waals surface area contributed by atoms with E-state index < -0.39 is 0 Å². The molecule has 0 saturated heterocycles. The van der Waals surface area contributed by atoms with Crippen LogP contribution in [0.25, 0.3) is 16.5 Å². The molecule has 0 spiro atoms. The number of nitrogens with one attached hydrogen (secondary N) is 1. The average Bonchev–Trinajstić information content (AvgIpc) is 3.00. The van der Waals surface area contributed by atoms with Gasteiger partial charge in [-0.05, 0) is 41.9 Å². The summed E-state index contributed by atoms with van der Waals surface area (Å²) >= 11 is 11.4. The minimum Gasteiger partial charge on any atom is -0.485 e. The number of hydrogen-bond acceptors (Lipinski definition) is 3. The van der Waals surface area contributed by atoms with Gasteiger partial charge in [-0.25, -0.2) is 0 Å². The van der Waals surface area contributed by atoms with E-state index in [2.05, 4.69) is 22.3 Å². The number of benzene rings is 3. The van der Waals surface area contributed by atoms with Gasteiger partial charge in [-0.1, -0.05) is 54.1 Å². The summed E-state index contributed by atoms with van der Waals surface area (Å²) < 4.78 is 8.35. The third kappa shape index (κ3) is 3.16. The largest absolute Gasteiger partial charge is 0.485 e. The summed E-state index contributed by atoms with van der Waals surface area (Å²) in [6, 6.07) is 21.6. The highest BCUT2D eigenvalue weighted by Crippen LogP contribution is 2.26. The van der Waals surface area contributed by atoms with E-state index in [0.717, 1.165) is 22.2 Å². The molecule has 124 valence electrons. The average molecular weight is 368 g/mol. The molecule has 6 heteroatoms. The lowest BCUT2D eigenvalue weighted by atomic mass is 10.1. The number of aromatic amines is 1. The summed E-state index contributed by atoms with van der Waals surface area (Å²) in [5.74, 6) is 1.49. The number of nitrogens with zero attached hydrogens (tertiary/aromatic N) is 2. The summed E-state index contributed by atoms with van der Waals surface area (Å²) in [6.07, 6.45) is 0. The second kappa shape index (κ2) is 6.70. The summed E-state index contributed by atoms with van der Waals surface area (Å²) in [6.45, 7) is 0.285. The van der Waals surface area contributed by atoms with Crippen molar-refractivity contribution in [2.45, 2.75) is 6.61 Å². The van der Waals surface area contributed by atoms with Crippen LogP contribution in [0.15, 0.2) is 66.7 Å². The van der Waals surface area contributed by atoms with Crippen molar-refractivity contribution in [1.29, 1.82) is 0 Å². The standard InChI is InChI=1S/C19H14ClN3OS/c20-14-7-4-8-15(11-14)23-18(21-22-19(23)25)12-24-17-10-3-6-13-5-1-2-9-16(13)17/h1-11H,12H2,(H,22,25). The lowest BCUT2D eigenvalue weighted by molar-refractivity contribution is 0.297. The second-order valence-corrected chi connectivity index (χ2v) is 6.35. The number of hydrogen-bond donors (Lipinski definition) is 1. The van der Waals surface area contributed by atoms with Crippen molar-refractivity contribution in [3.63, 3.8) is 0 Å². The fraction of sp³-hybridized carbons (Fsp3) is 0.0526. The van der Waals surface area contributed by atoms with Crippen LogP contribution in [0.5, 0.6) is 5.75 Å². The Kier molecular flexibility index (Phi) is 4.26. The molecule has 0 fully saturated rings. The number of H-pyrrole nitrogens is 1. The van der Waals surface area contributed by atoms with Crippen molar-refractivity contribution in [1.82, 2.24) is 14.8 Å². The molecular weight excluding hydrogens is 354 g/mol. The molecular formula is C19H14ClN3OS. The molecule has 0 atom stereocenters. The van der Waals surface area contributed by atoms with Crippen molar-refractivity contribution >= 4 is 34.6 Å². The van der Waals surface area contributed by atoms with Crippen LogP contribution in [0.4, 0.5) is 0 Å². The van der Waals surface area contributed by atoms with Gasteiger partial charge in [-0.2, -0.15) is 5.10 Å². The van der Waals surface area contributed by atoms with Crippen molar-refractivity contribution in [2.75, 3.05) is 0 Å². The summed E-state index contributed by atoms with van der Waals surface area (Å²) in [4.78, 5) is 0. The Morgan fingerprint density at radius 1 is 1.04 bits per heavy atom. The van der Waals surface area contributed by atoms with Crippen LogP contribution in [-0.2, 0) is 6.61 Å². The fourth-order valence-electron chi connectivity index (χ4n) is 2.77. The Balaban J connectivity index is 1.67. The quantitative estimate of drug-likeness (QED) is 0.497. The number of aromatic nitrogens is 3. The van der Waals surface area contributed by atoms with Crippen molar-refractivity contribution in [3.8, 4) is 11.4 Å². The highest BCUT2D eigenvalue weighted by Gasteiger charge is 2.10. The zero-order valence-electron chi connectivity index (χ0n) is 13.1. The zero-order valence-corrected chi connectivity index (χ0v) is 14.7. The van der Waals surface area contributed by atoms with Crippen molar-refractivity contribution < 1.29 is 4.74 Å². The van der Waals surface area contributed by atoms with Crippen molar-refractivity contribution in [2.24, 2.45) is 0 Å². The van der Waals surface area contributed by atoms with Gasteiger partial charge in [0.15, 0.2) is 10.6 Å². The van der Waals surface area contributed by atoms with Crippen LogP contribution in [-0.4, -0.2) is 14.8 Å². The van der Waals surface area contributed by atoms with Crippen LogP contribution < -0.4 is 4.74 Å². The maximum Gasteiger partial charge on any atom is 0.199 e. The van der Waals surface area contributed by atoms with Crippen LogP contribution in [0.3, 0.4) is 0 Å². The molecule has 3 aromatic carbocycles. The highest BCUT2D eigenvalue weighted by atomic mass is 35.5. The Hall–Kier alpha value is -2.63. The van der Waals surface area contributed by atoms with E-state index in [1.165, 1.54) is 0 Å². The third-order valence-electron chi connectivity index (χ3n) is 3.91. The molecule has 25 heavy (non-hydrogen) atoms. The van der Waals surface area contributed by atoms with Gasteiger partial charge < -0.3 is 4.74 Å². The van der Waals surface area contributed by atoms with Gasteiger partial charge in [0.25, 0.3) is 0 Å². The fourth-order valence-corrected chi connectivity index (χ4v) is 3.21. The van der Waals surface area contributed by atoms with E-state index >= 15 is 0 Å². The molecule has 0 bridgehead atoms. The summed E-state index contributed by atoms with van der Waals surface area (Å²) in [5.41, 5.74) is 0.850. The van der Waals surface area contributed by atoms with E-state index in [9.17, 15) is 0 Å². The van der Waals surface area contributed by atoms with E-state index in [1.54, 1.807) is 0 Å². The maximum atomic E-state index is 6.10. The van der Waals surface area contributed by atoms with Gasteiger partial charge in [-0.3, -0.25) is 9.67 Å². The van der Waals surface area contributed by atoms with Crippen LogP contribution in [0.2, 0.25) is 5.02 Å². The van der Waals surface area contributed by atoms with E-state index in [4.69, 9.17) is 28.6 Å². The molecule has 0 amide bonds. The molecule has 0 aliphatic rings. The van der Waals surface area contributed by atoms with E-state index in [1.807, 2.05) is 59.2 Å². The Labute approximate surface area is 154 Å². The maximum absolute atomic E-state index is 6.10. The Morgan fingerprint density at radius 2 is 1.84 bits per heavy atom.